The van der Waals surface area contributed by atoms with Gasteiger partial charge in [-0.25, -0.2) is 8.42 Å². The van der Waals surface area contributed by atoms with E-state index in [1.807, 2.05) is 0 Å². The minimum atomic E-state index is -3.54. The topological polar surface area (TPSA) is 114 Å². The standard InChI is InChI=1S/C18H19ClN4O5S/c19-16-7-6-14(23(25)26)12-17(16)20-18(24)13-21-8-10-22(11-9-21)29(27,28)15-4-2-1-3-5-15/h1-7,12H,8-11,13H2,(H,20,24)/p+1. The molecule has 0 saturated carbocycles. The van der Waals surface area contributed by atoms with Gasteiger partial charge in [0.25, 0.3) is 11.6 Å². The van der Waals surface area contributed by atoms with Gasteiger partial charge in [0.05, 0.1) is 46.7 Å². The zero-order chi connectivity index (χ0) is 21.0. The first-order valence-electron chi connectivity index (χ1n) is 8.90. The molecular formula is C18H20ClN4O5S+. The summed E-state index contributed by atoms with van der Waals surface area (Å²) in [6.45, 7) is 1.66. The number of sulfonamides is 1. The molecule has 0 aliphatic carbocycles. The third-order valence-corrected chi connectivity index (χ3v) is 6.90. The molecule has 3 rings (SSSR count). The third kappa shape index (κ3) is 5.10. The summed E-state index contributed by atoms with van der Waals surface area (Å²) in [7, 11) is -3.54. The van der Waals surface area contributed by atoms with E-state index < -0.39 is 14.9 Å². The number of rotatable bonds is 6. The van der Waals surface area contributed by atoms with Crippen molar-refractivity contribution in [3.8, 4) is 0 Å². The van der Waals surface area contributed by atoms with Crippen LogP contribution in [0.15, 0.2) is 53.4 Å². The highest BCUT2D eigenvalue weighted by atomic mass is 35.5. The molecule has 0 aromatic heterocycles. The molecule has 154 valence electrons. The Morgan fingerprint density at radius 3 is 2.45 bits per heavy atom. The molecule has 2 aromatic rings. The van der Waals surface area contributed by atoms with Crippen LogP contribution in [0.1, 0.15) is 0 Å². The summed E-state index contributed by atoms with van der Waals surface area (Å²) in [6.07, 6.45) is 0. The van der Waals surface area contributed by atoms with Crippen LogP contribution in [0.25, 0.3) is 0 Å². The number of anilines is 1. The van der Waals surface area contributed by atoms with Crippen molar-refractivity contribution in [2.75, 3.05) is 38.0 Å². The van der Waals surface area contributed by atoms with Crippen LogP contribution in [0, 0.1) is 10.1 Å². The highest BCUT2D eigenvalue weighted by Crippen LogP contribution is 2.26. The second-order valence-electron chi connectivity index (χ2n) is 6.61. The van der Waals surface area contributed by atoms with Gasteiger partial charge in [0.1, 0.15) is 0 Å². The molecular weight excluding hydrogens is 420 g/mol. The molecule has 9 nitrogen and oxygen atoms in total. The molecule has 1 aliphatic heterocycles. The molecule has 0 bridgehead atoms. The van der Waals surface area contributed by atoms with Gasteiger partial charge in [-0.05, 0) is 18.2 Å². The lowest BCUT2D eigenvalue weighted by atomic mass is 10.2. The minimum Gasteiger partial charge on any atom is -0.325 e. The third-order valence-electron chi connectivity index (χ3n) is 4.66. The largest absolute Gasteiger partial charge is 0.325 e. The summed E-state index contributed by atoms with van der Waals surface area (Å²) in [5, 5.41) is 13.7. The van der Waals surface area contributed by atoms with Crippen molar-refractivity contribution in [2.45, 2.75) is 4.90 Å². The van der Waals surface area contributed by atoms with Crippen LogP contribution in [0.3, 0.4) is 0 Å². The Kier molecular flexibility index (Phi) is 6.48. The molecule has 0 radical (unpaired) electrons. The van der Waals surface area contributed by atoms with Crippen LogP contribution in [0.4, 0.5) is 11.4 Å². The lowest BCUT2D eigenvalue weighted by molar-refractivity contribution is -0.895. The van der Waals surface area contributed by atoms with Gasteiger partial charge in [-0.15, -0.1) is 0 Å². The Hall–Kier alpha value is -2.53. The zero-order valence-electron chi connectivity index (χ0n) is 15.4. The molecule has 2 N–H and O–H groups in total. The van der Waals surface area contributed by atoms with Crippen LogP contribution < -0.4 is 10.2 Å². The first-order valence-corrected chi connectivity index (χ1v) is 10.7. The fourth-order valence-electron chi connectivity index (χ4n) is 3.11. The van der Waals surface area contributed by atoms with Crippen molar-refractivity contribution in [3.05, 3.63) is 63.7 Å². The van der Waals surface area contributed by atoms with Crippen molar-refractivity contribution >= 4 is 38.9 Å². The van der Waals surface area contributed by atoms with Crippen molar-refractivity contribution in [2.24, 2.45) is 0 Å². The number of carbonyl (C=O) groups excluding carboxylic acids is 1. The molecule has 1 saturated heterocycles. The Morgan fingerprint density at radius 1 is 1.17 bits per heavy atom. The lowest BCUT2D eigenvalue weighted by Gasteiger charge is -2.31. The number of piperazine rings is 1. The SMILES string of the molecule is O=C(C[NH+]1CCN(S(=O)(=O)c2ccccc2)CC1)Nc1cc([N+](=O)[O-])ccc1Cl. The average molecular weight is 440 g/mol. The number of amides is 1. The minimum absolute atomic E-state index is 0.109. The molecule has 2 aromatic carbocycles. The van der Waals surface area contributed by atoms with Gasteiger partial charge in [0.15, 0.2) is 6.54 Å². The van der Waals surface area contributed by atoms with Gasteiger partial charge in [0.2, 0.25) is 10.0 Å². The number of hydrogen-bond acceptors (Lipinski definition) is 5. The van der Waals surface area contributed by atoms with Gasteiger partial charge in [-0.1, -0.05) is 29.8 Å². The monoisotopic (exact) mass is 439 g/mol. The second kappa shape index (κ2) is 8.87. The normalized spacial score (nSPS) is 15.8. The van der Waals surface area contributed by atoms with Gasteiger partial charge < -0.3 is 10.2 Å². The van der Waals surface area contributed by atoms with Crippen LogP contribution in [-0.4, -0.2) is 56.3 Å². The maximum atomic E-state index is 12.6. The molecule has 1 aliphatic rings. The molecule has 0 atom stereocenters. The van der Waals surface area contributed by atoms with E-state index in [1.54, 1.807) is 30.3 Å². The number of nitro groups is 1. The summed E-state index contributed by atoms with van der Waals surface area (Å²) < 4.78 is 26.7. The quantitative estimate of drug-likeness (QED) is 0.510. The number of nitro benzene ring substituents is 1. The Morgan fingerprint density at radius 2 is 1.83 bits per heavy atom. The van der Waals surface area contributed by atoms with Crippen molar-refractivity contribution < 1.29 is 23.0 Å². The van der Waals surface area contributed by atoms with Gasteiger partial charge in [-0.2, -0.15) is 4.31 Å². The highest BCUT2D eigenvalue weighted by molar-refractivity contribution is 7.89. The number of non-ortho nitro benzene ring substituents is 1. The predicted molar refractivity (Wildman–Crippen MR) is 108 cm³/mol. The predicted octanol–water partition coefficient (Wildman–Crippen LogP) is 0.776. The molecule has 1 heterocycles. The van der Waals surface area contributed by atoms with Gasteiger partial charge in [-0.3, -0.25) is 14.9 Å². The smallest absolute Gasteiger partial charge is 0.279 e. The number of hydrogen-bond donors (Lipinski definition) is 2. The molecule has 11 heteroatoms. The Bertz CT molecular complexity index is 1010. The molecule has 1 amide bonds. The molecule has 29 heavy (non-hydrogen) atoms. The molecule has 0 spiro atoms. The van der Waals surface area contributed by atoms with Gasteiger partial charge >= 0.3 is 0 Å². The van der Waals surface area contributed by atoms with Crippen molar-refractivity contribution in [1.82, 2.24) is 4.31 Å². The zero-order valence-corrected chi connectivity index (χ0v) is 16.9. The van der Waals surface area contributed by atoms with E-state index in [4.69, 9.17) is 11.6 Å². The lowest BCUT2D eigenvalue weighted by Crippen LogP contribution is -3.15. The maximum Gasteiger partial charge on any atom is 0.279 e. The fourth-order valence-corrected chi connectivity index (χ4v) is 4.73. The highest BCUT2D eigenvalue weighted by Gasteiger charge is 2.31. The summed E-state index contributed by atoms with van der Waals surface area (Å²) >= 11 is 6.00. The number of nitrogens with zero attached hydrogens (tertiary/aromatic N) is 2. The van der Waals surface area contributed by atoms with Crippen LogP contribution in [0.2, 0.25) is 5.02 Å². The second-order valence-corrected chi connectivity index (χ2v) is 8.96. The summed E-state index contributed by atoms with van der Waals surface area (Å²) in [5.74, 6) is -0.346. The van der Waals surface area contributed by atoms with Crippen molar-refractivity contribution in [3.63, 3.8) is 0 Å². The molecule has 0 unspecified atom stereocenters. The number of halogens is 1. The number of nitrogens with one attached hydrogen (secondary N) is 2. The van der Waals surface area contributed by atoms with E-state index in [0.717, 1.165) is 4.90 Å². The van der Waals surface area contributed by atoms with E-state index in [-0.39, 0.29) is 33.7 Å². The summed E-state index contributed by atoms with van der Waals surface area (Å²) in [4.78, 5) is 23.8. The van der Waals surface area contributed by atoms with Gasteiger partial charge in [0, 0.05) is 12.1 Å². The van der Waals surface area contributed by atoms with E-state index in [1.165, 1.54) is 22.5 Å². The first-order chi connectivity index (χ1) is 13.8. The first kappa shape index (κ1) is 21.2. The number of benzene rings is 2. The van der Waals surface area contributed by atoms with E-state index in [2.05, 4.69) is 5.32 Å². The molecule has 1 fully saturated rings. The average Bonchev–Trinajstić information content (AvgIpc) is 2.70. The van der Waals surface area contributed by atoms with E-state index in [9.17, 15) is 23.3 Å². The number of quaternary nitrogens is 1. The Balaban J connectivity index is 1.57. The van der Waals surface area contributed by atoms with E-state index in [0.29, 0.717) is 26.2 Å². The van der Waals surface area contributed by atoms with Crippen LogP contribution >= 0.6 is 11.6 Å². The van der Waals surface area contributed by atoms with Crippen LogP contribution in [-0.2, 0) is 14.8 Å². The van der Waals surface area contributed by atoms with E-state index >= 15 is 0 Å². The Labute approximate surface area is 173 Å². The van der Waals surface area contributed by atoms with Crippen molar-refractivity contribution in [1.29, 1.82) is 0 Å². The summed E-state index contributed by atoms with van der Waals surface area (Å²) in [5.41, 5.74) is 0.00679. The number of carbonyl (C=O) groups is 1. The van der Waals surface area contributed by atoms with Crippen LogP contribution in [0.5, 0.6) is 0 Å². The fraction of sp³-hybridized carbons (Fsp3) is 0.278. The summed E-state index contributed by atoms with van der Waals surface area (Å²) in [6, 6.07) is 12.1. The maximum absolute atomic E-state index is 12.6.